The Hall–Kier alpha value is -5.61. The van der Waals surface area contributed by atoms with Crippen LogP contribution in [-0.4, -0.2) is 15.0 Å². The molecule has 0 unspecified atom stereocenters. The summed E-state index contributed by atoms with van der Waals surface area (Å²) in [5.41, 5.74) is 11.4. The highest BCUT2D eigenvalue weighted by atomic mass is 16.3. The van der Waals surface area contributed by atoms with Gasteiger partial charge in [-0.1, -0.05) is 131 Å². The predicted octanol–water partition coefficient (Wildman–Crippen LogP) is 12.2. The van der Waals surface area contributed by atoms with E-state index >= 15 is 0 Å². The molecule has 244 valence electrons. The monoisotopic (exact) mass is 649 g/mol. The molecule has 0 N–H and O–H groups in total. The van der Waals surface area contributed by atoms with Crippen molar-refractivity contribution in [3.63, 3.8) is 0 Å². The molecule has 50 heavy (non-hydrogen) atoms. The first-order valence-electron chi connectivity index (χ1n) is 17.6. The molecule has 1 aliphatic rings. The number of hydrogen-bond acceptors (Lipinski definition) is 4. The fraction of sp³-hybridized carbons (Fsp3) is 0.196. The molecule has 9 rings (SSSR count). The number of para-hydroxylation sites is 2. The molecule has 2 heterocycles. The number of aromatic nitrogens is 3. The number of hydrogen-bond donors (Lipinski definition) is 0. The Morgan fingerprint density at radius 2 is 1.04 bits per heavy atom. The highest BCUT2D eigenvalue weighted by Crippen LogP contribution is 2.48. The Morgan fingerprint density at radius 1 is 0.480 bits per heavy atom. The summed E-state index contributed by atoms with van der Waals surface area (Å²) >= 11 is 0. The van der Waals surface area contributed by atoms with Gasteiger partial charge in [-0.05, 0) is 87.4 Å². The van der Waals surface area contributed by atoms with E-state index in [-0.39, 0.29) is 10.8 Å². The molecular formula is C46H39N3O. The summed E-state index contributed by atoms with van der Waals surface area (Å²) in [6.45, 7) is 11.8. The van der Waals surface area contributed by atoms with Crippen molar-refractivity contribution >= 4 is 32.7 Å². The molecule has 0 bridgehead atoms. The standard InChI is InChI=1S/C46H39N3O/c1-28-26-38-39(46(4,5)25-24-45(38,2)3)27-37(28)32-22-23-35(31-17-10-9-16-30(31)32)43-47-42(29-14-7-6-8-15-29)48-44(49-43)36-20-13-19-34-33-18-11-12-21-40(33)50-41(34)36/h6-23,26-27H,24-25H2,1-5H3. The van der Waals surface area contributed by atoms with Gasteiger partial charge in [-0.2, -0.15) is 0 Å². The molecule has 2 aromatic heterocycles. The van der Waals surface area contributed by atoms with Gasteiger partial charge in [0.05, 0.1) is 5.56 Å². The van der Waals surface area contributed by atoms with Crippen molar-refractivity contribution in [1.82, 2.24) is 15.0 Å². The summed E-state index contributed by atoms with van der Waals surface area (Å²) in [4.78, 5) is 15.4. The third-order valence-electron chi connectivity index (χ3n) is 11.0. The summed E-state index contributed by atoms with van der Waals surface area (Å²) < 4.78 is 6.44. The lowest BCUT2D eigenvalue weighted by molar-refractivity contribution is 0.332. The van der Waals surface area contributed by atoms with Gasteiger partial charge in [-0.25, -0.2) is 15.0 Å². The maximum atomic E-state index is 6.44. The van der Waals surface area contributed by atoms with E-state index in [1.165, 1.54) is 46.0 Å². The second-order valence-corrected chi connectivity index (χ2v) is 15.1. The summed E-state index contributed by atoms with van der Waals surface area (Å²) in [7, 11) is 0. The van der Waals surface area contributed by atoms with Gasteiger partial charge >= 0.3 is 0 Å². The number of rotatable bonds is 4. The van der Waals surface area contributed by atoms with E-state index in [1.807, 2.05) is 54.6 Å². The minimum Gasteiger partial charge on any atom is -0.455 e. The maximum Gasteiger partial charge on any atom is 0.167 e. The van der Waals surface area contributed by atoms with Crippen LogP contribution in [0.25, 0.3) is 78.0 Å². The SMILES string of the molecule is Cc1cc2c(cc1-c1ccc(-c3nc(-c4ccccc4)nc(-c4cccc5c4oc4ccccc45)n3)c3ccccc13)C(C)(C)CCC2(C)C. The molecular weight excluding hydrogens is 611 g/mol. The van der Waals surface area contributed by atoms with Gasteiger partial charge in [0.15, 0.2) is 17.5 Å². The van der Waals surface area contributed by atoms with Crippen molar-refractivity contribution < 1.29 is 4.42 Å². The molecule has 4 nitrogen and oxygen atoms in total. The molecule has 1 aliphatic carbocycles. The summed E-state index contributed by atoms with van der Waals surface area (Å²) in [6, 6.07) is 42.6. The minimum atomic E-state index is 0.126. The van der Waals surface area contributed by atoms with Crippen LogP contribution in [0.15, 0.2) is 126 Å². The topological polar surface area (TPSA) is 51.8 Å². The first kappa shape index (κ1) is 30.4. The summed E-state index contributed by atoms with van der Waals surface area (Å²) in [5, 5.41) is 4.42. The zero-order chi connectivity index (χ0) is 34.2. The van der Waals surface area contributed by atoms with Crippen LogP contribution >= 0.6 is 0 Å². The largest absolute Gasteiger partial charge is 0.455 e. The average molecular weight is 650 g/mol. The van der Waals surface area contributed by atoms with Crippen LogP contribution in [0, 0.1) is 6.92 Å². The van der Waals surface area contributed by atoms with Crippen molar-refractivity contribution in [2.45, 2.75) is 58.3 Å². The van der Waals surface area contributed by atoms with Gasteiger partial charge in [-0.3, -0.25) is 0 Å². The average Bonchev–Trinajstić information content (AvgIpc) is 3.52. The molecule has 0 radical (unpaired) electrons. The second-order valence-electron chi connectivity index (χ2n) is 15.1. The summed E-state index contributed by atoms with van der Waals surface area (Å²) in [5.74, 6) is 1.85. The number of benzene rings is 6. The lowest BCUT2D eigenvalue weighted by Crippen LogP contribution is -2.34. The van der Waals surface area contributed by atoms with Gasteiger partial charge in [-0.15, -0.1) is 0 Å². The molecule has 0 saturated carbocycles. The van der Waals surface area contributed by atoms with Crippen molar-refractivity contribution in [1.29, 1.82) is 0 Å². The van der Waals surface area contributed by atoms with E-state index in [2.05, 4.69) is 101 Å². The van der Waals surface area contributed by atoms with Gasteiger partial charge < -0.3 is 4.42 Å². The Kier molecular flexibility index (Phi) is 6.83. The van der Waals surface area contributed by atoms with Crippen LogP contribution in [0.3, 0.4) is 0 Å². The number of fused-ring (bicyclic) bond motifs is 5. The molecule has 0 saturated heterocycles. The fourth-order valence-electron chi connectivity index (χ4n) is 8.00. The normalized spacial score (nSPS) is 15.1. The van der Waals surface area contributed by atoms with Crippen LogP contribution in [0.4, 0.5) is 0 Å². The van der Waals surface area contributed by atoms with Crippen molar-refractivity contribution in [2.24, 2.45) is 0 Å². The van der Waals surface area contributed by atoms with Crippen LogP contribution in [0.5, 0.6) is 0 Å². The third-order valence-corrected chi connectivity index (χ3v) is 11.0. The molecule has 8 aromatic rings. The van der Waals surface area contributed by atoms with Crippen LogP contribution in [0.1, 0.15) is 57.2 Å². The molecule has 4 heteroatoms. The highest BCUT2D eigenvalue weighted by Gasteiger charge is 2.37. The zero-order valence-corrected chi connectivity index (χ0v) is 29.2. The van der Waals surface area contributed by atoms with Gasteiger partial charge in [0.2, 0.25) is 0 Å². The summed E-state index contributed by atoms with van der Waals surface area (Å²) in [6.07, 6.45) is 2.38. The van der Waals surface area contributed by atoms with Crippen molar-refractivity contribution in [3.8, 4) is 45.3 Å². The predicted molar refractivity (Wildman–Crippen MR) is 206 cm³/mol. The molecule has 0 fully saturated rings. The lowest BCUT2D eigenvalue weighted by Gasteiger charge is -2.42. The van der Waals surface area contributed by atoms with Crippen LogP contribution in [0.2, 0.25) is 0 Å². The number of nitrogens with zero attached hydrogens (tertiary/aromatic N) is 3. The highest BCUT2D eigenvalue weighted by molar-refractivity contribution is 6.09. The molecule has 0 aliphatic heterocycles. The maximum absolute atomic E-state index is 6.44. The molecule has 0 atom stereocenters. The first-order chi connectivity index (χ1) is 24.2. The molecule has 0 spiro atoms. The number of furan rings is 1. The van der Waals surface area contributed by atoms with Crippen molar-refractivity contribution in [3.05, 3.63) is 138 Å². The van der Waals surface area contributed by atoms with E-state index in [9.17, 15) is 0 Å². The number of aryl methyl sites for hydroxylation is 1. The van der Waals surface area contributed by atoms with Crippen molar-refractivity contribution in [2.75, 3.05) is 0 Å². The van der Waals surface area contributed by atoms with Gasteiger partial charge in [0.25, 0.3) is 0 Å². The quantitative estimate of drug-likeness (QED) is 0.190. The smallest absolute Gasteiger partial charge is 0.167 e. The van der Waals surface area contributed by atoms with Crippen LogP contribution < -0.4 is 0 Å². The zero-order valence-electron chi connectivity index (χ0n) is 29.2. The lowest BCUT2D eigenvalue weighted by atomic mass is 9.62. The van der Waals surface area contributed by atoms with Gasteiger partial charge in [0, 0.05) is 21.9 Å². The fourth-order valence-corrected chi connectivity index (χ4v) is 8.00. The van der Waals surface area contributed by atoms with E-state index < -0.39 is 0 Å². The van der Waals surface area contributed by atoms with E-state index in [1.54, 1.807) is 0 Å². The van der Waals surface area contributed by atoms with E-state index in [0.717, 1.165) is 44.0 Å². The Morgan fingerprint density at radius 3 is 1.78 bits per heavy atom. The first-order valence-corrected chi connectivity index (χ1v) is 17.6. The van der Waals surface area contributed by atoms with E-state index in [4.69, 9.17) is 19.4 Å². The Balaban J connectivity index is 1.26. The minimum absolute atomic E-state index is 0.126. The van der Waals surface area contributed by atoms with E-state index in [0.29, 0.717) is 17.5 Å². The third kappa shape index (κ3) is 4.85. The Labute approximate surface area is 292 Å². The second kappa shape index (κ2) is 11.2. The molecule has 6 aromatic carbocycles. The van der Waals surface area contributed by atoms with Crippen LogP contribution in [-0.2, 0) is 10.8 Å². The molecule has 0 amide bonds. The Bertz CT molecular complexity index is 2610. The van der Waals surface area contributed by atoms with Gasteiger partial charge in [0.1, 0.15) is 11.2 Å².